The van der Waals surface area contributed by atoms with Gasteiger partial charge in [0.25, 0.3) is 0 Å². The molecule has 0 aliphatic carbocycles. The normalized spacial score (nSPS) is 10.2. The van der Waals surface area contributed by atoms with Crippen LogP contribution in [0.3, 0.4) is 0 Å². The lowest BCUT2D eigenvalue weighted by Gasteiger charge is -2.13. The highest BCUT2D eigenvalue weighted by Crippen LogP contribution is 2.27. The Balaban J connectivity index is 2.80. The molecule has 24 heavy (non-hydrogen) atoms. The number of carbonyl (C=O) groups excluding carboxylic acids is 2. The van der Waals surface area contributed by atoms with Crippen molar-refractivity contribution in [3.05, 3.63) is 58.7 Å². The molecule has 0 atom stereocenters. The summed E-state index contributed by atoms with van der Waals surface area (Å²) in [5.74, 6) is -6.07. The van der Waals surface area contributed by atoms with Crippen LogP contribution in [0.2, 0.25) is 0 Å². The number of hydrogen-bond acceptors (Lipinski definition) is 6. The van der Waals surface area contributed by atoms with Crippen molar-refractivity contribution < 1.29 is 39.6 Å². The van der Waals surface area contributed by atoms with E-state index < -0.39 is 35.0 Å². The molecule has 0 heterocycles. The number of hydrogen-bond donors (Lipinski definition) is 2. The Morgan fingerprint density at radius 1 is 0.708 bits per heavy atom. The van der Waals surface area contributed by atoms with Gasteiger partial charge in [0.15, 0.2) is 0 Å². The summed E-state index contributed by atoms with van der Waals surface area (Å²) in [5.41, 5.74) is -1.83. The van der Waals surface area contributed by atoms with Gasteiger partial charge in [0.05, 0.1) is 23.1 Å². The minimum atomic E-state index is -1.68. The lowest BCUT2D eigenvalue weighted by molar-refractivity contribution is -0.255. The summed E-state index contributed by atoms with van der Waals surface area (Å²) in [6, 6.07) is 5.91. The molecule has 8 heteroatoms. The van der Waals surface area contributed by atoms with E-state index in [1.54, 1.807) is 0 Å². The minimum Gasteiger partial charge on any atom is -0.545 e. The van der Waals surface area contributed by atoms with E-state index in [0.717, 1.165) is 36.4 Å². The van der Waals surface area contributed by atoms with Crippen LogP contribution in [0.4, 0.5) is 0 Å². The molecule has 2 aromatic carbocycles. The van der Waals surface area contributed by atoms with Crippen LogP contribution in [-0.4, -0.2) is 34.1 Å². The Morgan fingerprint density at radius 2 is 1.25 bits per heavy atom. The van der Waals surface area contributed by atoms with E-state index in [1.165, 1.54) is 0 Å². The topological polar surface area (TPSA) is 155 Å². The first-order valence-corrected chi connectivity index (χ1v) is 6.39. The molecule has 8 nitrogen and oxygen atoms in total. The van der Waals surface area contributed by atoms with Crippen molar-refractivity contribution in [1.82, 2.24) is 0 Å². The van der Waals surface area contributed by atoms with Crippen LogP contribution in [0.15, 0.2) is 36.4 Å². The third-order valence-corrected chi connectivity index (χ3v) is 3.21. The zero-order valence-corrected chi connectivity index (χ0v) is 11.8. The number of benzene rings is 2. The maximum absolute atomic E-state index is 11.3. The van der Waals surface area contributed by atoms with Crippen LogP contribution in [0.5, 0.6) is 0 Å². The number of carboxylic acids is 4. The maximum Gasteiger partial charge on any atom is 0.336 e. The molecule has 0 amide bonds. The molecule has 0 aromatic heterocycles. The molecule has 122 valence electrons. The van der Waals surface area contributed by atoms with E-state index in [1.807, 2.05) is 0 Å². The van der Waals surface area contributed by atoms with Gasteiger partial charge in [-0.05, 0) is 58.7 Å². The standard InChI is InChI=1S/C16H10O8/c17-13(18)7-1-2-11(16(23)24)12(6-7)8-3-9(14(19)20)5-10(4-8)15(21)22/h1-6H,(H,17,18)(H,19,20)(H,21,22)(H,23,24)/p-2. The zero-order valence-electron chi connectivity index (χ0n) is 11.8. The van der Waals surface area contributed by atoms with Gasteiger partial charge in [0, 0.05) is 0 Å². The summed E-state index contributed by atoms with van der Waals surface area (Å²) < 4.78 is 0. The molecule has 0 saturated heterocycles. The van der Waals surface area contributed by atoms with Crippen molar-refractivity contribution in [2.24, 2.45) is 0 Å². The molecule has 2 aromatic rings. The SMILES string of the molecule is O=C([O-])c1cc(C(=O)[O-])cc(-c2cc(C(=O)O)ccc2C(=O)O)c1. The Bertz CT molecular complexity index is 849. The molecule has 0 aliphatic rings. The fourth-order valence-corrected chi connectivity index (χ4v) is 2.12. The van der Waals surface area contributed by atoms with Gasteiger partial charge < -0.3 is 30.0 Å². The van der Waals surface area contributed by atoms with Gasteiger partial charge in [-0.2, -0.15) is 0 Å². The van der Waals surface area contributed by atoms with E-state index in [0.29, 0.717) is 0 Å². The first-order chi connectivity index (χ1) is 11.2. The first-order valence-electron chi connectivity index (χ1n) is 6.39. The van der Waals surface area contributed by atoms with E-state index in [4.69, 9.17) is 5.11 Å². The predicted molar refractivity (Wildman–Crippen MR) is 74.5 cm³/mol. The van der Waals surface area contributed by atoms with Gasteiger partial charge in [-0.3, -0.25) is 0 Å². The van der Waals surface area contributed by atoms with Crippen molar-refractivity contribution in [1.29, 1.82) is 0 Å². The fraction of sp³-hybridized carbons (Fsp3) is 0. The smallest absolute Gasteiger partial charge is 0.336 e. The second kappa shape index (κ2) is 6.21. The molecule has 0 unspecified atom stereocenters. The largest absolute Gasteiger partial charge is 0.545 e. The molecule has 0 bridgehead atoms. The van der Waals surface area contributed by atoms with Crippen LogP contribution in [0.1, 0.15) is 41.4 Å². The summed E-state index contributed by atoms with van der Waals surface area (Å²) >= 11 is 0. The average Bonchev–Trinajstić information content (AvgIpc) is 2.53. The summed E-state index contributed by atoms with van der Waals surface area (Å²) in [6.07, 6.45) is 0. The van der Waals surface area contributed by atoms with Crippen LogP contribution in [-0.2, 0) is 0 Å². The minimum absolute atomic E-state index is 0.101. The second-order valence-electron chi connectivity index (χ2n) is 4.74. The number of carbonyl (C=O) groups is 4. The van der Waals surface area contributed by atoms with Crippen molar-refractivity contribution in [2.45, 2.75) is 0 Å². The lowest BCUT2D eigenvalue weighted by atomic mass is 9.94. The van der Waals surface area contributed by atoms with Gasteiger partial charge in [-0.1, -0.05) is 0 Å². The number of carboxylic acid groups (broad SMARTS) is 4. The van der Waals surface area contributed by atoms with Gasteiger partial charge in [0.1, 0.15) is 0 Å². The molecule has 0 aliphatic heterocycles. The van der Waals surface area contributed by atoms with Crippen LogP contribution >= 0.6 is 0 Å². The summed E-state index contributed by atoms with van der Waals surface area (Å²) in [5, 5.41) is 40.3. The maximum atomic E-state index is 11.3. The van der Waals surface area contributed by atoms with Gasteiger partial charge in [-0.25, -0.2) is 9.59 Å². The Kier molecular flexibility index (Phi) is 4.32. The monoisotopic (exact) mass is 328 g/mol. The Morgan fingerprint density at radius 3 is 1.67 bits per heavy atom. The Hall–Kier alpha value is -3.68. The quantitative estimate of drug-likeness (QED) is 0.742. The third kappa shape index (κ3) is 3.22. The first kappa shape index (κ1) is 16.7. The second-order valence-corrected chi connectivity index (χ2v) is 4.74. The Labute approximate surface area is 134 Å². The summed E-state index contributed by atoms with van der Waals surface area (Å²) in [7, 11) is 0. The number of rotatable bonds is 5. The summed E-state index contributed by atoms with van der Waals surface area (Å²) in [6.45, 7) is 0. The van der Waals surface area contributed by atoms with E-state index in [2.05, 4.69) is 0 Å². The molecular weight excluding hydrogens is 320 g/mol. The van der Waals surface area contributed by atoms with Crippen LogP contribution in [0, 0.1) is 0 Å². The third-order valence-electron chi connectivity index (χ3n) is 3.21. The van der Waals surface area contributed by atoms with Gasteiger partial charge >= 0.3 is 11.9 Å². The van der Waals surface area contributed by atoms with Crippen LogP contribution in [0.25, 0.3) is 11.1 Å². The van der Waals surface area contributed by atoms with Crippen molar-refractivity contribution in [2.75, 3.05) is 0 Å². The molecule has 0 fully saturated rings. The lowest BCUT2D eigenvalue weighted by Crippen LogP contribution is -2.25. The highest BCUT2D eigenvalue weighted by Gasteiger charge is 2.16. The molecule has 2 rings (SSSR count). The fourth-order valence-electron chi connectivity index (χ4n) is 2.12. The molecular formula is C16H8O8-2. The van der Waals surface area contributed by atoms with Gasteiger partial charge in [0.2, 0.25) is 0 Å². The van der Waals surface area contributed by atoms with E-state index >= 15 is 0 Å². The van der Waals surface area contributed by atoms with Crippen molar-refractivity contribution in [3.8, 4) is 11.1 Å². The molecule has 0 radical (unpaired) electrons. The van der Waals surface area contributed by atoms with Crippen molar-refractivity contribution in [3.63, 3.8) is 0 Å². The average molecular weight is 328 g/mol. The molecule has 0 spiro atoms. The number of aromatic carboxylic acids is 4. The zero-order chi connectivity index (χ0) is 18.0. The van der Waals surface area contributed by atoms with Gasteiger partial charge in [-0.15, -0.1) is 0 Å². The highest BCUT2D eigenvalue weighted by atomic mass is 16.4. The molecule has 2 N–H and O–H groups in total. The highest BCUT2D eigenvalue weighted by molar-refractivity contribution is 6.01. The van der Waals surface area contributed by atoms with Crippen molar-refractivity contribution >= 4 is 23.9 Å². The molecule has 0 saturated carbocycles. The van der Waals surface area contributed by atoms with E-state index in [9.17, 15) is 34.5 Å². The summed E-state index contributed by atoms with van der Waals surface area (Å²) in [4.78, 5) is 44.4. The predicted octanol–water partition coefficient (Wildman–Crippen LogP) is -0.523. The van der Waals surface area contributed by atoms with Crippen LogP contribution < -0.4 is 10.2 Å². The van der Waals surface area contributed by atoms with E-state index in [-0.39, 0.29) is 22.3 Å².